The van der Waals surface area contributed by atoms with E-state index in [1.165, 1.54) is 25.7 Å². The van der Waals surface area contributed by atoms with Gasteiger partial charge >= 0.3 is 0 Å². The monoisotopic (exact) mass is 270 g/mol. The number of unbranched alkanes of at least 4 members (excludes halogenated alkanes) is 3. The second kappa shape index (κ2) is 7.51. The molecule has 1 rings (SSSR count). The first kappa shape index (κ1) is 14.3. The average Bonchev–Trinajstić information content (AvgIpc) is 2.28. The molecule has 0 amide bonds. The van der Waals surface area contributed by atoms with Gasteiger partial charge in [-0.2, -0.15) is 0 Å². The first-order valence-electron chi connectivity index (χ1n) is 5.98. The lowest BCUT2D eigenvalue weighted by molar-refractivity contribution is 0.685. The third-order valence-electron chi connectivity index (χ3n) is 2.59. The van der Waals surface area contributed by atoms with Crippen LogP contribution in [-0.4, -0.2) is 11.5 Å². The summed E-state index contributed by atoms with van der Waals surface area (Å²) in [6, 6.07) is 5.69. The number of benzene rings is 1. The standard InChI is InChI=1S/C13H19ClN2S/c1-2-3-4-5-8-16-10-6-7-11(13(15)17)12(14)9-10/h6-7,9,16H,2-5,8H2,1H3,(H2,15,17). The molecule has 94 valence electrons. The van der Waals surface area contributed by atoms with Crippen LogP contribution in [0.1, 0.15) is 38.2 Å². The van der Waals surface area contributed by atoms with Gasteiger partial charge in [0.1, 0.15) is 4.99 Å². The van der Waals surface area contributed by atoms with Crippen LogP contribution in [0.3, 0.4) is 0 Å². The number of nitrogens with two attached hydrogens (primary N) is 1. The van der Waals surface area contributed by atoms with E-state index in [9.17, 15) is 0 Å². The minimum atomic E-state index is 0.337. The maximum absolute atomic E-state index is 6.08. The van der Waals surface area contributed by atoms with Crippen molar-refractivity contribution in [2.45, 2.75) is 32.6 Å². The third-order valence-corrected chi connectivity index (χ3v) is 3.13. The Labute approximate surface area is 114 Å². The normalized spacial score (nSPS) is 10.2. The zero-order valence-corrected chi connectivity index (χ0v) is 11.7. The topological polar surface area (TPSA) is 38.0 Å². The molecule has 0 aliphatic rings. The van der Waals surface area contributed by atoms with Crippen molar-refractivity contribution >= 4 is 34.5 Å². The zero-order valence-electron chi connectivity index (χ0n) is 10.1. The van der Waals surface area contributed by atoms with Crippen molar-refractivity contribution in [2.75, 3.05) is 11.9 Å². The smallest absolute Gasteiger partial charge is 0.105 e. The first-order chi connectivity index (χ1) is 8.15. The Morgan fingerprint density at radius 1 is 1.35 bits per heavy atom. The predicted molar refractivity (Wildman–Crippen MR) is 80.0 cm³/mol. The van der Waals surface area contributed by atoms with Crippen molar-refractivity contribution in [2.24, 2.45) is 5.73 Å². The van der Waals surface area contributed by atoms with Crippen molar-refractivity contribution in [3.63, 3.8) is 0 Å². The fourth-order valence-electron chi connectivity index (χ4n) is 1.61. The fraction of sp³-hybridized carbons (Fsp3) is 0.462. The van der Waals surface area contributed by atoms with Crippen molar-refractivity contribution in [1.82, 2.24) is 0 Å². The molecule has 1 aromatic carbocycles. The third kappa shape index (κ3) is 4.92. The summed E-state index contributed by atoms with van der Waals surface area (Å²) in [5.74, 6) is 0. The molecule has 0 bridgehead atoms. The minimum Gasteiger partial charge on any atom is -0.389 e. The van der Waals surface area contributed by atoms with Gasteiger partial charge in [0.05, 0.1) is 5.02 Å². The molecule has 0 unspecified atom stereocenters. The summed E-state index contributed by atoms with van der Waals surface area (Å²) >= 11 is 11.0. The van der Waals surface area contributed by atoms with Crippen molar-refractivity contribution in [3.8, 4) is 0 Å². The van der Waals surface area contributed by atoms with Crippen LogP contribution in [0.4, 0.5) is 5.69 Å². The Kier molecular flexibility index (Phi) is 6.30. The lowest BCUT2D eigenvalue weighted by Crippen LogP contribution is -2.10. The van der Waals surface area contributed by atoms with Crippen LogP contribution >= 0.6 is 23.8 Å². The Bertz CT molecular complexity index is 380. The molecule has 0 atom stereocenters. The SMILES string of the molecule is CCCCCCNc1ccc(C(N)=S)c(Cl)c1. The Morgan fingerprint density at radius 3 is 2.71 bits per heavy atom. The Hall–Kier alpha value is -0.800. The number of thiocarbonyl (C=S) groups is 1. The van der Waals surface area contributed by atoms with E-state index in [0.29, 0.717) is 10.0 Å². The summed E-state index contributed by atoms with van der Waals surface area (Å²) < 4.78 is 0. The number of rotatable bonds is 7. The van der Waals surface area contributed by atoms with Crippen LogP contribution in [0.25, 0.3) is 0 Å². The van der Waals surface area contributed by atoms with E-state index in [0.717, 1.165) is 17.8 Å². The Morgan fingerprint density at radius 2 is 2.12 bits per heavy atom. The summed E-state index contributed by atoms with van der Waals surface area (Å²) in [4.78, 5) is 0.337. The molecule has 0 aromatic heterocycles. The fourth-order valence-corrected chi connectivity index (χ4v) is 2.13. The summed E-state index contributed by atoms with van der Waals surface area (Å²) in [5.41, 5.74) is 7.30. The van der Waals surface area contributed by atoms with Gasteiger partial charge in [0.15, 0.2) is 0 Å². The number of hydrogen-bond acceptors (Lipinski definition) is 2. The molecule has 0 saturated heterocycles. The van der Waals surface area contributed by atoms with Gasteiger partial charge in [0, 0.05) is 17.8 Å². The highest BCUT2D eigenvalue weighted by Gasteiger charge is 2.03. The van der Waals surface area contributed by atoms with Gasteiger partial charge < -0.3 is 11.1 Å². The van der Waals surface area contributed by atoms with Crippen molar-refractivity contribution in [3.05, 3.63) is 28.8 Å². The van der Waals surface area contributed by atoms with Crippen LogP contribution in [-0.2, 0) is 0 Å². The minimum absolute atomic E-state index is 0.337. The first-order valence-corrected chi connectivity index (χ1v) is 6.77. The van der Waals surface area contributed by atoms with Gasteiger partial charge in [-0.05, 0) is 24.6 Å². The van der Waals surface area contributed by atoms with Gasteiger partial charge in [-0.25, -0.2) is 0 Å². The molecular weight excluding hydrogens is 252 g/mol. The average molecular weight is 271 g/mol. The van der Waals surface area contributed by atoms with E-state index in [4.69, 9.17) is 29.6 Å². The van der Waals surface area contributed by atoms with Crippen LogP contribution in [0.5, 0.6) is 0 Å². The van der Waals surface area contributed by atoms with Gasteiger partial charge in [-0.3, -0.25) is 0 Å². The molecule has 4 heteroatoms. The van der Waals surface area contributed by atoms with Gasteiger partial charge in [0.2, 0.25) is 0 Å². The van der Waals surface area contributed by atoms with Gasteiger partial charge in [-0.1, -0.05) is 50.0 Å². The van der Waals surface area contributed by atoms with Crippen molar-refractivity contribution in [1.29, 1.82) is 0 Å². The molecule has 0 spiro atoms. The van der Waals surface area contributed by atoms with Crippen LogP contribution in [0.2, 0.25) is 5.02 Å². The van der Waals surface area contributed by atoms with Crippen LogP contribution < -0.4 is 11.1 Å². The molecular formula is C13H19ClN2S. The molecule has 0 radical (unpaired) electrons. The summed E-state index contributed by atoms with van der Waals surface area (Å²) in [5, 5.41) is 3.95. The van der Waals surface area contributed by atoms with E-state index in [1.807, 2.05) is 18.2 Å². The van der Waals surface area contributed by atoms with Crippen molar-refractivity contribution < 1.29 is 0 Å². The molecule has 0 saturated carbocycles. The van der Waals surface area contributed by atoms with E-state index in [2.05, 4.69) is 12.2 Å². The molecule has 0 heterocycles. The molecule has 0 aliphatic carbocycles. The molecule has 3 N–H and O–H groups in total. The van der Waals surface area contributed by atoms with E-state index >= 15 is 0 Å². The van der Waals surface area contributed by atoms with Crippen LogP contribution in [0.15, 0.2) is 18.2 Å². The number of halogens is 1. The number of anilines is 1. The highest BCUT2D eigenvalue weighted by molar-refractivity contribution is 7.80. The van der Waals surface area contributed by atoms with E-state index in [1.54, 1.807) is 0 Å². The predicted octanol–water partition coefficient (Wildman–Crippen LogP) is 3.97. The van der Waals surface area contributed by atoms with Gasteiger partial charge in [-0.15, -0.1) is 0 Å². The number of hydrogen-bond donors (Lipinski definition) is 2. The molecule has 1 aromatic rings. The molecule has 0 aliphatic heterocycles. The lowest BCUT2D eigenvalue weighted by atomic mass is 10.2. The molecule has 17 heavy (non-hydrogen) atoms. The largest absolute Gasteiger partial charge is 0.389 e. The quantitative estimate of drug-likeness (QED) is 0.582. The number of nitrogens with one attached hydrogen (secondary N) is 1. The Balaban J connectivity index is 2.45. The highest BCUT2D eigenvalue weighted by Crippen LogP contribution is 2.21. The summed E-state index contributed by atoms with van der Waals surface area (Å²) in [6.07, 6.45) is 5.00. The maximum atomic E-state index is 6.08. The van der Waals surface area contributed by atoms with E-state index in [-0.39, 0.29) is 0 Å². The second-order valence-electron chi connectivity index (χ2n) is 4.05. The second-order valence-corrected chi connectivity index (χ2v) is 4.89. The summed E-state index contributed by atoms with van der Waals surface area (Å²) in [7, 11) is 0. The van der Waals surface area contributed by atoms with E-state index < -0.39 is 0 Å². The molecule has 2 nitrogen and oxygen atoms in total. The molecule has 0 fully saturated rings. The summed E-state index contributed by atoms with van der Waals surface area (Å²) in [6.45, 7) is 3.18. The zero-order chi connectivity index (χ0) is 12.7. The lowest BCUT2D eigenvalue weighted by Gasteiger charge is -2.08. The highest BCUT2D eigenvalue weighted by atomic mass is 35.5. The maximum Gasteiger partial charge on any atom is 0.105 e. The van der Waals surface area contributed by atoms with Crippen LogP contribution in [0, 0.1) is 0 Å². The van der Waals surface area contributed by atoms with Gasteiger partial charge in [0.25, 0.3) is 0 Å².